The molecule has 0 aliphatic carbocycles. The van der Waals surface area contributed by atoms with E-state index in [0.29, 0.717) is 6.04 Å². The zero-order chi connectivity index (χ0) is 20.2. The zero-order valence-electron chi connectivity index (χ0n) is 17.6. The molecule has 3 heterocycles. The molecule has 3 aromatic rings. The number of nitrogens with zero attached hydrogens (tertiary/aromatic N) is 4. The Bertz CT molecular complexity index is 998. The van der Waals surface area contributed by atoms with Crippen LogP contribution in [-0.2, 0) is 32.2 Å². The van der Waals surface area contributed by atoms with Crippen molar-refractivity contribution in [3.8, 4) is 0 Å². The van der Waals surface area contributed by atoms with Crippen molar-refractivity contribution in [1.29, 1.82) is 0 Å². The average molecular weight is 394 g/mol. The molecule has 1 aliphatic heterocycles. The first-order valence-corrected chi connectivity index (χ1v) is 10.7. The third kappa shape index (κ3) is 4.13. The van der Waals surface area contributed by atoms with Crippen molar-refractivity contribution in [3.05, 3.63) is 47.2 Å². The fourth-order valence-electron chi connectivity index (χ4n) is 4.11. The molecule has 7 heteroatoms. The molecule has 29 heavy (non-hydrogen) atoms. The summed E-state index contributed by atoms with van der Waals surface area (Å²) < 4.78 is 2.05. The zero-order valence-corrected chi connectivity index (χ0v) is 17.6. The van der Waals surface area contributed by atoms with Crippen LogP contribution >= 0.6 is 0 Å². The highest BCUT2D eigenvalue weighted by atomic mass is 15.4. The lowest BCUT2D eigenvalue weighted by Crippen LogP contribution is -2.47. The maximum atomic E-state index is 4.59. The van der Waals surface area contributed by atoms with Crippen LogP contribution in [0.4, 0.5) is 0 Å². The van der Waals surface area contributed by atoms with Crippen LogP contribution in [0.15, 0.2) is 29.4 Å². The Hall–Kier alpha value is -2.83. The first-order chi connectivity index (χ1) is 14.2. The number of H-pyrrole nitrogens is 1. The number of aliphatic imine (C=N–C) groups is 1. The summed E-state index contributed by atoms with van der Waals surface area (Å²) in [6.07, 6.45) is 7.02. The van der Waals surface area contributed by atoms with Gasteiger partial charge in [-0.1, -0.05) is 32.0 Å². The number of rotatable bonds is 6. The SMILES string of the molecule is CCc1nc2n(n1)CC(NC(=NC)NCCc1c[nH]c3c(CC)cccc13)CC2. The first kappa shape index (κ1) is 19.5. The summed E-state index contributed by atoms with van der Waals surface area (Å²) in [5, 5.41) is 12.9. The lowest BCUT2D eigenvalue weighted by atomic mass is 10.1. The summed E-state index contributed by atoms with van der Waals surface area (Å²) in [7, 11) is 1.83. The molecule has 0 saturated carbocycles. The molecule has 0 amide bonds. The number of fused-ring (bicyclic) bond motifs is 2. The Kier molecular flexibility index (Phi) is 5.83. The summed E-state index contributed by atoms with van der Waals surface area (Å²) >= 11 is 0. The van der Waals surface area contributed by atoms with E-state index in [1.165, 1.54) is 22.0 Å². The van der Waals surface area contributed by atoms with Crippen molar-refractivity contribution in [3.63, 3.8) is 0 Å². The van der Waals surface area contributed by atoms with Crippen LogP contribution in [0.5, 0.6) is 0 Å². The van der Waals surface area contributed by atoms with Crippen LogP contribution < -0.4 is 10.6 Å². The minimum atomic E-state index is 0.320. The quantitative estimate of drug-likeness (QED) is 0.444. The van der Waals surface area contributed by atoms with Crippen molar-refractivity contribution in [1.82, 2.24) is 30.4 Å². The minimum Gasteiger partial charge on any atom is -0.361 e. The summed E-state index contributed by atoms with van der Waals surface area (Å²) in [4.78, 5) is 12.5. The molecular weight excluding hydrogens is 362 g/mol. The van der Waals surface area contributed by atoms with E-state index in [4.69, 9.17) is 0 Å². The van der Waals surface area contributed by atoms with Crippen molar-refractivity contribution in [2.75, 3.05) is 13.6 Å². The molecular formula is C22H31N7. The molecule has 1 aromatic carbocycles. The number of benzene rings is 1. The van der Waals surface area contributed by atoms with Gasteiger partial charge in [0.05, 0.1) is 6.54 Å². The van der Waals surface area contributed by atoms with Crippen molar-refractivity contribution in [2.24, 2.45) is 4.99 Å². The maximum Gasteiger partial charge on any atom is 0.191 e. The van der Waals surface area contributed by atoms with E-state index in [1.807, 2.05) is 11.7 Å². The van der Waals surface area contributed by atoms with Gasteiger partial charge in [-0.2, -0.15) is 5.10 Å². The van der Waals surface area contributed by atoms with Gasteiger partial charge in [-0.3, -0.25) is 4.99 Å². The van der Waals surface area contributed by atoms with E-state index in [-0.39, 0.29) is 0 Å². The minimum absolute atomic E-state index is 0.320. The molecule has 1 aliphatic rings. The van der Waals surface area contributed by atoms with Gasteiger partial charge in [-0.15, -0.1) is 0 Å². The summed E-state index contributed by atoms with van der Waals surface area (Å²) in [5.74, 6) is 2.89. The summed E-state index contributed by atoms with van der Waals surface area (Å²) in [5.41, 5.74) is 3.98. The van der Waals surface area contributed by atoms with Gasteiger partial charge in [-0.25, -0.2) is 9.67 Å². The second kappa shape index (κ2) is 8.68. The van der Waals surface area contributed by atoms with Crippen LogP contribution in [0.3, 0.4) is 0 Å². The van der Waals surface area contributed by atoms with Crippen LogP contribution in [0.1, 0.15) is 43.0 Å². The third-order valence-electron chi connectivity index (χ3n) is 5.74. The predicted octanol–water partition coefficient (Wildman–Crippen LogP) is 2.61. The molecule has 4 rings (SSSR count). The standard InChI is InChI=1S/C22H31N7/c1-4-15-7-6-8-18-16(13-25-21(15)18)11-12-24-22(23-3)26-17-9-10-20-27-19(5-2)28-29(20)14-17/h6-8,13,17,25H,4-5,9-12,14H2,1-3H3,(H2,23,24,26). The topological polar surface area (TPSA) is 82.9 Å². The average Bonchev–Trinajstić information content (AvgIpc) is 3.36. The number of hydrogen-bond acceptors (Lipinski definition) is 3. The van der Waals surface area contributed by atoms with Crippen LogP contribution in [-0.4, -0.2) is 45.3 Å². The lowest BCUT2D eigenvalue weighted by Gasteiger charge is -2.25. The van der Waals surface area contributed by atoms with E-state index in [9.17, 15) is 0 Å². The molecule has 1 atom stereocenters. The molecule has 0 saturated heterocycles. The van der Waals surface area contributed by atoms with Gasteiger partial charge in [-0.05, 0) is 30.4 Å². The number of nitrogens with one attached hydrogen (secondary N) is 3. The van der Waals surface area contributed by atoms with E-state index >= 15 is 0 Å². The molecule has 1 unspecified atom stereocenters. The summed E-state index contributed by atoms with van der Waals surface area (Å²) in [6.45, 7) is 5.97. The number of para-hydroxylation sites is 1. The molecule has 0 bridgehead atoms. The van der Waals surface area contributed by atoms with Gasteiger partial charge in [0.15, 0.2) is 11.8 Å². The Morgan fingerprint density at radius 2 is 2.17 bits per heavy atom. The molecule has 0 radical (unpaired) electrons. The predicted molar refractivity (Wildman–Crippen MR) is 117 cm³/mol. The van der Waals surface area contributed by atoms with Crippen LogP contribution in [0.25, 0.3) is 10.9 Å². The second-order valence-corrected chi connectivity index (χ2v) is 7.62. The van der Waals surface area contributed by atoms with Crippen molar-refractivity contribution in [2.45, 2.75) is 58.5 Å². The lowest BCUT2D eigenvalue weighted by molar-refractivity contribution is 0.392. The smallest absolute Gasteiger partial charge is 0.191 e. The number of aromatic amines is 1. The highest BCUT2D eigenvalue weighted by Crippen LogP contribution is 2.22. The maximum absolute atomic E-state index is 4.59. The molecule has 0 spiro atoms. The number of hydrogen-bond donors (Lipinski definition) is 3. The Labute approximate surface area is 172 Å². The third-order valence-corrected chi connectivity index (χ3v) is 5.74. The van der Waals surface area contributed by atoms with Gasteiger partial charge < -0.3 is 15.6 Å². The van der Waals surface area contributed by atoms with Crippen molar-refractivity contribution >= 4 is 16.9 Å². The molecule has 0 fully saturated rings. The number of aromatic nitrogens is 4. The van der Waals surface area contributed by atoms with Crippen molar-refractivity contribution < 1.29 is 0 Å². The Morgan fingerprint density at radius 3 is 2.97 bits per heavy atom. The second-order valence-electron chi connectivity index (χ2n) is 7.62. The van der Waals surface area contributed by atoms with Crippen LogP contribution in [0, 0.1) is 0 Å². The normalized spacial score (nSPS) is 16.8. The first-order valence-electron chi connectivity index (χ1n) is 10.7. The Morgan fingerprint density at radius 1 is 1.28 bits per heavy atom. The van der Waals surface area contributed by atoms with E-state index < -0.39 is 0 Å². The number of aryl methyl sites for hydroxylation is 3. The molecule has 154 valence electrons. The Balaban J connectivity index is 1.32. The van der Waals surface area contributed by atoms with E-state index in [2.05, 4.69) is 68.9 Å². The van der Waals surface area contributed by atoms with Gasteiger partial charge in [0.25, 0.3) is 0 Å². The molecule has 2 aromatic heterocycles. The summed E-state index contributed by atoms with van der Waals surface area (Å²) in [6, 6.07) is 6.87. The van der Waals surface area contributed by atoms with Gasteiger partial charge in [0.1, 0.15) is 5.82 Å². The van der Waals surface area contributed by atoms with Gasteiger partial charge in [0, 0.05) is 49.6 Å². The fraction of sp³-hybridized carbons (Fsp3) is 0.500. The fourth-order valence-corrected chi connectivity index (χ4v) is 4.11. The van der Waals surface area contributed by atoms with Gasteiger partial charge >= 0.3 is 0 Å². The monoisotopic (exact) mass is 393 g/mol. The largest absolute Gasteiger partial charge is 0.361 e. The number of guanidine groups is 1. The molecule has 7 nitrogen and oxygen atoms in total. The highest BCUT2D eigenvalue weighted by Gasteiger charge is 2.22. The highest BCUT2D eigenvalue weighted by molar-refractivity contribution is 5.86. The van der Waals surface area contributed by atoms with E-state index in [0.717, 1.165) is 62.8 Å². The van der Waals surface area contributed by atoms with Gasteiger partial charge in [0.2, 0.25) is 0 Å². The van der Waals surface area contributed by atoms with Crippen LogP contribution in [0.2, 0.25) is 0 Å². The van der Waals surface area contributed by atoms with E-state index in [1.54, 1.807) is 0 Å². The molecule has 3 N–H and O–H groups in total.